The molecule has 0 fully saturated rings. The number of rotatable bonds is 6. The molecule has 2 rings (SSSR count). The van der Waals surface area contributed by atoms with E-state index in [0.29, 0.717) is 0 Å². The van der Waals surface area contributed by atoms with Crippen LogP contribution < -0.4 is 4.74 Å². The summed E-state index contributed by atoms with van der Waals surface area (Å²) in [6, 6.07) is 7.35. The number of benzene rings is 2. The molecule has 2 N–H and O–H groups in total. The highest BCUT2D eigenvalue weighted by Crippen LogP contribution is 2.41. The van der Waals surface area contributed by atoms with E-state index in [0.717, 1.165) is 11.6 Å². The molecular weight excluding hydrogens is 391 g/mol. The monoisotopic (exact) mass is 404 g/mol. The van der Waals surface area contributed by atoms with Gasteiger partial charge in [-0.2, -0.15) is 0 Å². The van der Waals surface area contributed by atoms with Crippen molar-refractivity contribution in [3.8, 4) is 11.5 Å². The molecule has 0 saturated carbocycles. The van der Waals surface area contributed by atoms with Gasteiger partial charge in [-0.15, -0.1) is 0 Å². The van der Waals surface area contributed by atoms with Crippen molar-refractivity contribution in [3.05, 3.63) is 51.5 Å². The maximum Gasteiger partial charge on any atom is 0.339 e. The lowest BCUT2D eigenvalue weighted by atomic mass is 10.2. The molecule has 0 radical (unpaired) electrons. The Bertz CT molecular complexity index is 907. The highest BCUT2D eigenvalue weighted by molar-refractivity contribution is 7.91. The Morgan fingerprint density at radius 2 is 1.80 bits per heavy atom. The summed E-state index contributed by atoms with van der Waals surface area (Å²) in [5.74, 6) is -2.63. The van der Waals surface area contributed by atoms with Gasteiger partial charge in [0.15, 0.2) is 21.3 Å². The quantitative estimate of drug-likeness (QED) is 0.762. The number of carbonyl (C=O) groups is 1. The van der Waals surface area contributed by atoms with Crippen LogP contribution in [0.5, 0.6) is 11.5 Å². The van der Waals surface area contributed by atoms with Crippen LogP contribution in [0.25, 0.3) is 0 Å². The Morgan fingerprint density at radius 1 is 1.20 bits per heavy atom. The summed E-state index contributed by atoms with van der Waals surface area (Å²) in [6.45, 7) is 1.57. The molecule has 0 unspecified atom stereocenters. The fourth-order valence-electron chi connectivity index (χ4n) is 2.00. The van der Waals surface area contributed by atoms with Gasteiger partial charge in [0.05, 0.1) is 15.7 Å². The first-order valence-electron chi connectivity index (χ1n) is 7.00. The minimum atomic E-state index is -3.57. The third kappa shape index (κ3) is 4.36. The molecule has 0 aliphatic heterocycles. The average Bonchev–Trinajstić information content (AvgIpc) is 2.54. The second-order valence-electron chi connectivity index (χ2n) is 5.18. The molecule has 0 spiro atoms. The van der Waals surface area contributed by atoms with E-state index in [1.807, 2.05) is 6.92 Å². The van der Waals surface area contributed by atoms with E-state index >= 15 is 0 Å². The molecule has 0 bridgehead atoms. The zero-order valence-electron chi connectivity index (χ0n) is 13.0. The van der Waals surface area contributed by atoms with Gasteiger partial charge in [-0.05, 0) is 25.1 Å². The van der Waals surface area contributed by atoms with Crippen molar-refractivity contribution < 1.29 is 28.2 Å². The van der Waals surface area contributed by atoms with Crippen LogP contribution in [0.2, 0.25) is 10.0 Å². The molecule has 0 heterocycles. The number of phenols is 1. The van der Waals surface area contributed by atoms with E-state index in [1.165, 1.54) is 12.1 Å². The summed E-state index contributed by atoms with van der Waals surface area (Å²) in [5, 5.41) is 18.2. The third-order valence-corrected chi connectivity index (χ3v) is 5.69. The Labute approximate surface area is 154 Å². The summed E-state index contributed by atoms with van der Waals surface area (Å²) in [7, 11) is -3.57. The maximum absolute atomic E-state index is 12.2. The fourth-order valence-corrected chi connectivity index (χ4v) is 3.66. The normalized spacial score (nSPS) is 11.3. The molecular formula is C16H14Cl2O6S. The molecule has 2 aromatic rings. The summed E-state index contributed by atoms with van der Waals surface area (Å²) < 4.78 is 29.7. The number of ether oxygens (including phenoxy) is 1. The Hall–Kier alpha value is -1.96. The molecule has 134 valence electrons. The van der Waals surface area contributed by atoms with Crippen LogP contribution in [0.4, 0.5) is 0 Å². The molecule has 0 saturated heterocycles. The predicted octanol–water partition coefficient (Wildman–Crippen LogP) is 3.56. The van der Waals surface area contributed by atoms with Gasteiger partial charge in [-0.25, -0.2) is 13.2 Å². The van der Waals surface area contributed by atoms with E-state index in [4.69, 9.17) is 33.0 Å². The van der Waals surface area contributed by atoms with Gasteiger partial charge in [-0.1, -0.05) is 40.9 Å². The SMILES string of the molecule is Cc1ccc(S(=O)(=O)CCOc2c(Cl)cc(C(=O)O)c(O)c2Cl)cc1. The van der Waals surface area contributed by atoms with Crippen LogP contribution in [-0.2, 0) is 9.84 Å². The lowest BCUT2D eigenvalue weighted by molar-refractivity contribution is 0.0693. The second kappa shape index (κ2) is 7.51. The van der Waals surface area contributed by atoms with Crippen LogP contribution in [0.15, 0.2) is 35.2 Å². The molecule has 0 amide bonds. The van der Waals surface area contributed by atoms with E-state index in [1.54, 1.807) is 12.1 Å². The highest BCUT2D eigenvalue weighted by Gasteiger charge is 2.21. The average molecular weight is 405 g/mol. The zero-order valence-corrected chi connectivity index (χ0v) is 15.3. The number of halogens is 2. The molecule has 2 aromatic carbocycles. The first-order valence-corrected chi connectivity index (χ1v) is 9.41. The number of carboxylic acids is 1. The van der Waals surface area contributed by atoms with E-state index in [9.17, 15) is 18.3 Å². The van der Waals surface area contributed by atoms with Crippen molar-refractivity contribution in [1.29, 1.82) is 0 Å². The minimum absolute atomic E-state index is 0.145. The first-order chi connectivity index (χ1) is 11.6. The zero-order chi connectivity index (χ0) is 18.8. The van der Waals surface area contributed by atoms with Gasteiger partial charge in [-0.3, -0.25) is 0 Å². The number of carboxylic acid groups (broad SMARTS) is 1. The largest absolute Gasteiger partial charge is 0.505 e. The number of sulfone groups is 1. The van der Waals surface area contributed by atoms with Crippen LogP contribution in [0.1, 0.15) is 15.9 Å². The smallest absolute Gasteiger partial charge is 0.339 e. The number of hydrogen-bond donors (Lipinski definition) is 2. The first kappa shape index (κ1) is 19.4. The molecule has 0 aliphatic rings. The summed E-state index contributed by atoms with van der Waals surface area (Å²) in [5.41, 5.74) is 0.456. The van der Waals surface area contributed by atoms with Crippen molar-refractivity contribution in [2.75, 3.05) is 12.4 Å². The Kier molecular flexibility index (Phi) is 5.82. The van der Waals surface area contributed by atoms with Crippen LogP contribution in [0, 0.1) is 6.92 Å². The van der Waals surface area contributed by atoms with Crippen molar-refractivity contribution in [2.45, 2.75) is 11.8 Å². The third-order valence-electron chi connectivity index (χ3n) is 3.36. The molecule has 0 aromatic heterocycles. The topological polar surface area (TPSA) is 101 Å². The van der Waals surface area contributed by atoms with Crippen molar-refractivity contribution in [1.82, 2.24) is 0 Å². The summed E-state index contributed by atoms with van der Waals surface area (Å²) in [4.78, 5) is 11.1. The predicted molar refractivity (Wildman–Crippen MR) is 93.8 cm³/mol. The highest BCUT2D eigenvalue weighted by atomic mass is 35.5. The van der Waals surface area contributed by atoms with Crippen molar-refractivity contribution >= 4 is 39.0 Å². The second-order valence-corrected chi connectivity index (χ2v) is 8.08. The lowest BCUT2D eigenvalue weighted by Gasteiger charge is -2.13. The number of aromatic carboxylic acids is 1. The van der Waals surface area contributed by atoms with Crippen molar-refractivity contribution in [2.24, 2.45) is 0 Å². The summed E-state index contributed by atoms with van der Waals surface area (Å²) in [6.07, 6.45) is 0. The van der Waals surface area contributed by atoms with Gasteiger partial charge in [0.2, 0.25) is 0 Å². The molecule has 9 heteroatoms. The fraction of sp³-hybridized carbons (Fsp3) is 0.188. The van der Waals surface area contributed by atoms with E-state index in [-0.39, 0.29) is 28.0 Å². The minimum Gasteiger partial charge on any atom is -0.505 e. The number of aryl methyl sites for hydroxylation is 1. The van der Waals surface area contributed by atoms with Gasteiger partial charge >= 0.3 is 5.97 Å². The van der Waals surface area contributed by atoms with Gasteiger partial charge in [0, 0.05) is 0 Å². The van der Waals surface area contributed by atoms with E-state index < -0.39 is 32.1 Å². The molecule has 25 heavy (non-hydrogen) atoms. The van der Waals surface area contributed by atoms with Gasteiger partial charge < -0.3 is 14.9 Å². The Balaban J connectivity index is 2.15. The molecule has 0 atom stereocenters. The van der Waals surface area contributed by atoms with Crippen LogP contribution in [-0.4, -0.2) is 37.0 Å². The van der Waals surface area contributed by atoms with Crippen molar-refractivity contribution in [3.63, 3.8) is 0 Å². The van der Waals surface area contributed by atoms with Gasteiger partial charge in [0.1, 0.15) is 17.2 Å². The Morgan fingerprint density at radius 3 is 2.36 bits per heavy atom. The van der Waals surface area contributed by atoms with Crippen LogP contribution >= 0.6 is 23.2 Å². The number of hydrogen-bond acceptors (Lipinski definition) is 5. The summed E-state index contributed by atoms with van der Waals surface area (Å²) >= 11 is 11.8. The van der Waals surface area contributed by atoms with Crippen LogP contribution in [0.3, 0.4) is 0 Å². The molecule has 0 aliphatic carbocycles. The number of aromatic hydroxyl groups is 1. The van der Waals surface area contributed by atoms with Gasteiger partial charge in [0.25, 0.3) is 0 Å². The maximum atomic E-state index is 12.2. The van der Waals surface area contributed by atoms with E-state index in [2.05, 4.69) is 0 Å². The standard InChI is InChI=1S/C16H14Cl2O6S/c1-9-2-4-10(5-3-9)25(22,23)7-6-24-15-12(17)8-11(16(20)21)14(19)13(15)18/h2-5,8,19H,6-7H2,1H3,(H,20,21). The molecule has 6 nitrogen and oxygen atoms in total. The lowest BCUT2D eigenvalue weighted by Crippen LogP contribution is -2.14.